The van der Waals surface area contributed by atoms with Gasteiger partial charge in [-0.1, -0.05) is 116 Å². The van der Waals surface area contributed by atoms with Crippen LogP contribution in [-0.4, -0.2) is 50.8 Å². The molecule has 0 N–H and O–H groups in total. The molecule has 4 aromatic rings. The highest BCUT2D eigenvalue weighted by Gasteiger charge is 2.44. The molecule has 0 fully saturated rings. The fourth-order valence-electron chi connectivity index (χ4n) is 9.43. The third-order valence-electron chi connectivity index (χ3n) is 12.3. The van der Waals surface area contributed by atoms with E-state index >= 15 is 0 Å². The molecular weight excluding hydrogens is 685 g/mol. The number of aryl methyl sites for hydroxylation is 2. The third kappa shape index (κ3) is 7.66. The summed E-state index contributed by atoms with van der Waals surface area (Å²) >= 11 is 0. The number of anilines is 1. The summed E-state index contributed by atoms with van der Waals surface area (Å²) in [7, 11) is 3.60. The molecule has 0 unspecified atom stereocenters. The van der Waals surface area contributed by atoms with Crippen LogP contribution < -0.4 is 4.90 Å². The van der Waals surface area contributed by atoms with Gasteiger partial charge in [0.05, 0.1) is 12.0 Å². The van der Waals surface area contributed by atoms with Gasteiger partial charge in [0.1, 0.15) is 0 Å². The summed E-state index contributed by atoms with van der Waals surface area (Å²) in [5, 5.41) is 0. The first-order valence-corrected chi connectivity index (χ1v) is 20.6. The van der Waals surface area contributed by atoms with Crippen molar-refractivity contribution in [2.45, 2.75) is 84.0 Å². The normalized spacial score (nSPS) is 18.7. The van der Waals surface area contributed by atoms with Crippen molar-refractivity contribution < 1.29 is 14.0 Å². The molecule has 4 nitrogen and oxygen atoms in total. The van der Waals surface area contributed by atoms with E-state index in [0.29, 0.717) is 0 Å². The van der Waals surface area contributed by atoms with Gasteiger partial charge in [-0.25, -0.2) is 0 Å². The van der Waals surface area contributed by atoms with Crippen molar-refractivity contribution in [1.82, 2.24) is 0 Å². The standard InChI is InChI=1S/C52H61N2O2/c1-37-21-27-45-43(35-37)51(3,4)47(53(45)31-15-33-55-7)29-25-41-23-24-42(50(41)49(39-17-11-9-12-18-39)40-19-13-10-14-20-40)26-30-48-52(5,6)44-36-38(2)22-28-46(44)54(48)32-16-34-56-8/h9-14,17-22,25-30,35-36,49H,15-16,23-24,31-34H2,1-8H3/q+1. The molecule has 2 aliphatic heterocycles. The molecule has 0 atom stereocenters. The molecule has 0 saturated carbocycles. The van der Waals surface area contributed by atoms with Gasteiger partial charge in [-0.2, -0.15) is 4.58 Å². The average Bonchev–Trinajstić information content (AvgIpc) is 3.75. The number of allylic oxidation sites excluding steroid dienone is 8. The molecule has 4 heteroatoms. The summed E-state index contributed by atoms with van der Waals surface area (Å²) in [6.07, 6.45) is 13.8. The van der Waals surface area contributed by atoms with Gasteiger partial charge in [0.25, 0.3) is 0 Å². The number of ether oxygens (including phenoxy) is 2. The van der Waals surface area contributed by atoms with Crippen molar-refractivity contribution in [3.8, 4) is 0 Å². The Bertz CT molecular complexity index is 2160. The predicted octanol–water partition coefficient (Wildman–Crippen LogP) is 11.8. The predicted molar refractivity (Wildman–Crippen MR) is 235 cm³/mol. The summed E-state index contributed by atoms with van der Waals surface area (Å²) < 4.78 is 13.6. The summed E-state index contributed by atoms with van der Waals surface area (Å²) in [4.78, 5) is 2.55. The third-order valence-corrected chi connectivity index (χ3v) is 12.3. The van der Waals surface area contributed by atoms with E-state index in [1.807, 2.05) is 0 Å². The Morgan fingerprint density at radius 1 is 0.696 bits per heavy atom. The van der Waals surface area contributed by atoms with Crippen LogP contribution in [0.3, 0.4) is 0 Å². The zero-order chi connectivity index (χ0) is 39.5. The Morgan fingerprint density at radius 2 is 1.32 bits per heavy atom. The number of fused-ring (bicyclic) bond motifs is 2. The Kier molecular flexibility index (Phi) is 11.8. The van der Waals surface area contributed by atoms with Gasteiger partial charge < -0.3 is 14.4 Å². The van der Waals surface area contributed by atoms with Crippen LogP contribution in [0, 0.1) is 13.8 Å². The topological polar surface area (TPSA) is 24.7 Å². The fourth-order valence-corrected chi connectivity index (χ4v) is 9.43. The van der Waals surface area contributed by atoms with Crippen LogP contribution in [0.5, 0.6) is 0 Å². The number of hydrogen-bond donors (Lipinski definition) is 0. The molecule has 1 aliphatic carbocycles. The van der Waals surface area contributed by atoms with Crippen molar-refractivity contribution in [1.29, 1.82) is 0 Å². The number of nitrogens with zero attached hydrogens (tertiary/aromatic N) is 2. The molecule has 0 amide bonds. The molecule has 0 bridgehead atoms. The second kappa shape index (κ2) is 16.8. The largest absolute Gasteiger partial charge is 0.385 e. The van der Waals surface area contributed by atoms with Gasteiger partial charge in [0.15, 0.2) is 12.3 Å². The van der Waals surface area contributed by atoms with Crippen molar-refractivity contribution in [2.75, 3.05) is 45.4 Å². The van der Waals surface area contributed by atoms with Gasteiger partial charge in [0.2, 0.25) is 5.69 Å². The van der Waals surface area contributed by atoms with Crippen LogP contribution in [0.1, 0.15) is 92.7 Å². The highest BCUT2D eigenvalue weighted by atomic mass is 16.5. The lowest BCUT2D eigenvalue weighted by molar-refractivity contribution is -0.438. The highest BCUT2D eigenvalue weighted by molar-refractivity contribution is 6.03. The minimum Gasteiger partial charge on any atom is -0.385 e. The number of hydrogen-bond acceptors (Lipinski definition) is 3. The van der Waals surface area contributed by atoms with E-state index in [-0.39, 0.29) is 16.7 Å². The monoisotopic (exact) mass is 745 g/mol. The molecule has 3 aliphatic rings. The molecule has 290 valence electrons. The highest BCUT2D eigenvalue weighted by Crippen LogP contribution is 2.50. The smallest absolute Gasteiger partial charge is 0.209 e. The van der Waals surface area contributed by atoms with E-state index in [0.717, 1.165) is 52.0 Å². The lowest BCUT2D eigenvalue weighted by Gasteiger charge is -2.27. The number of rotatable bonds is 14. The molecule has 0 aromatic heterocycles. The summed E-state index contributed by atoms with van der Waals surface area (Å²) in [5.74, 6) is 0.109. The minimum absolute atomic E-state index is 0.109. The molecule has 0 radical (unpaired) electrons. The van der Waals surface area contributed by atoms with Crippen molar-refractivity contribution in [3.63, 3.8) is 0 Å². The second-order valence-corrected chi connectivity index (χ2v) is 16.9. The summed E-state index contributed by atoms with van der Waals surface area (Å²) in [6.45, 7) is 17.3. The lowest BCUT2D eigenvalue weighted by Crippen LogP contribution is -2.28. The van der Waals surface area contributed by atoms with E-state index in [2.05, 4.69) is 172 Å². The van der Waals surface area contributed by atoms with E-state index in [9.17, 15) is 0 Å². The Balaban J connectivity index is 1.39. The van der Waals surface area contributed by atoms with E-state index in [1.54, 1.807) is 14.2 Å². The average molecular weight is 746 g/mol. The van der Waals surface area contributed by atoms with Crippen molar-refractivity contribution in [2.24, 2.45) is 0 Å². The SMILES string of the molecule is COCCCN1/C(=C/C=C2\CCC(/C=C/C3=[N+](CCCOC)c4ccc(C)cc4C3(C)C)=C2C(c2ccccc2)c2ccccc2)C(C)(C)c2cc(C)ccc21. The Labute approximate surface area is 336 Å². The van der Waals surface area contributed by atoms with Gasteiger partial charge in [0, 0.05) is 74.2 Å². The van der Waals surface area contributed by atoms with Crippen LogP contribution >= 0.6 is 0 Å². The quantitative estimate of drug-likeness (QED) is 0.0949. The molecule has 56 heavy (non-hydrogen) atoms. The van der Waals surface area contributed by atoms with Gasteiger partial charge in [-0.15, -0.1) is 0 Å². The van der Waals surface area contributed by atoms with Crippen molar-refractivity contribution in [3.05, 3.63) is 177 Å². The molecule has 4 aromatic carbocycles. The first-order chi connectivity index (χ1) is 27.1. The van der Waals surface area contributed by atoms with Crippen LogP contribution in [-0.2, 0) is 20.3 Å². The van der Waals surface area contributed by atoms with E-state index in [4.69, 9.17) is 9.47 Å². The summed E-state index contributed by atoms with van der Waals surface area (Å²) in [5.41, 5.74) is 17.4. The van der Waals surface area contributed by atoms with Crippen LogP contribution in [0.2, 0.25) is 0 Å². The zero-order valence-corrected chi connectivity index (χ0v) is 35.0. The maximum Gasteiger partial charge on any atom is 0.209 e. The Morgan fingerprint density at radius 3 is 1.98 bits per heavy atom. The molecule has 0 spiro atoms. The second-order valence-electron chi connectivity index (χ2n) is 16.9. The van der Waals surface area contributed by atoms with Gasteiger partial charge >= 0.3 is 0 Å². The zero-order valence-electron chi connectivity index (χ0n) is 35.0. The van der Waals surface area contributed by atoms with E-state index in [1.165, 1.54) is 72.9 Å². The lowest BCUT2D eigenvalue weighted by atomic mass is 9.79. The maximum atomic E-state index is 5.52. The first-order valence-electron chi connectivity index (χ1n) is 20.6. The summed E-state index contributed by atoms with van der Waals surface area (Å²) in [6, 6.07) is 36.2. The molecule has 0 saturated heterocycles. The molecular formula is C52H61N2O2+. The van der Waals surface area contributed by atoms with Gasteiger partial charge in [-0.3, -0.25) is 0 Å². The fraction of sp³-hybridized carbons (Fsp3) is 0.365. The Hall–Kier alpha value is -4.77. The van der Waals surface area contributed by atoms with Crippen molar-refractivity contribution >= 4 is 17.1 Å². The van der Waals surface area contributed by atoms with Crippen LogP contribution in [0.25, 0.3) is 0 Å². The minimum atomic E-state index is -0.126. The van der Waals surface area contributed by atoms with Crippen LogP contribution in [0.4, 0.5) is 11.4 Å². The van der Waals surface area contributed by atoms with Gasteiger partial charge in [-0.05, 0) is 98.6 Å². The van der Waals surface area contributed by atoms with Crippen LogP contribution in [0.15, 0.2) is 144 Å². The molecule has 2 heterocycles. The maximum absolute atomic E-state index is 5.52. The number of benzene rings is 4. The first kappa shape index (κ1) is 39.5. The number of methoxy groups -OCH3 is 2. The van der Waals surface area contributed by atoms with E-state index < -0.39 is 0 Å². The molecule has 7 rings (SSSR count).